The van der Waals surface area contributed by atoms with Crippen LogP contribution in [0.25, 0.3) is 0 Å². The number of hydrogen-bond donors (Lipinski definition) is 3. The molecule has 3 N–H and O–H groups in total. The van der Waals surface area contributed by atoms with E-state index in [4.69, 9.17) is 5.11 Å². The zero-order chi connectivity index (χ0) is 13.1. The van der Waals surface area contributed by atoms with E-state index < -0.39 is 11.4 Å². The highest BCUT2D eigenvalue weighted by atomic mass is 16.4. The van der Waals surface area contributed by atoms with Crippen molar-refractivity contribution in [2.45, 2.75) is 39.7 Å². The van der Waals surface area contributed by atoms with Crippen LogP contribution in [0, 0.1) is 11.3 Å². The van der Waals surface area contributed by atoms with E-state index in [1.54, 1.807) is 13.8 Å². The first kappa shape index (κ1) is 14.0. The predicted molar refractivity (Wildman–Crippen MR) is 64.6 cm³/mol. The number of rotatable bonds is 4. The molecular formula is C12H22N2O3. The third-order valence-corrected chi connectivity index (χ3v) is 3.27. The van der Waals surface area contributed by atoms with Gasteiger partial charge in [-0.1, -0.05) is 6.92 Å². The van der Waals surface area contributed by atoms with Gasteiger partial charge >= 0.3 is 5.97 Å². The van der Waals surface area contributed by atoms with Crippen LogP contribution in [0.4, 0.5) is 0 Å². The molecule has 0 aromatic rings. The summed E-state index contributed by atoms with van der Waals surface area (Å²) >= 11 is 0. The maximum Gasteiger partial charge on any atom is 0.310 e. The van der Waals surface area contributed by atoms with E-state index in [2.05, 4.69) is 17.6 Å². The van der Waals surface area contributed by atoms with Crippen molar-refractivity contribution in [3.8, 4) is 0 Å². The second kappa shape index (κ2) is 5.49. The Kier molecular flexibility index (Phi) is 4.51. The summed E-state index contributed by atoms with van der Waals surface area (Å²) in [4.78, 5) is 22.7. The Hall–Kier alpha value is -1.10. The van der Waals surface area contributed by atoms with Gasteiger partial charge in [0.05, 0.1) is 11.5 Å². The first-order valence-corrected chi connectivity index (χ1v) is 6.07. The van der Waals surface area contributed by atoms with Crippen molar-refractivity contribution in [1.29, 1.82) is 0 Å². The van der Waals surface area contributed by atoms with Gasteiger partial charge in [0.2, 0.25) is 5.91 Å². The van der Waals surface area contributed by atoms with Crippen molar-refractivity contribution in [3.05, 3.63) is 0 Å². The summed E-state index contributed by atoms with van der Waals surface area (Å²) < 4.78 is 0. The van der Waals surface area contributed by atoms with Gasteiger partial charge in [-0.25, -0.2) is 0 Å². The molecule has 0 aromatic carbocycles. The van der Waals surface area contributed by atoms with Crippen LogP contribution in [0.15, 0.2) is 0 Å². The van der Waals surface area contributed by atoms with Gasteiger partial charge in [0.1, 0.15) is 0 Å². The van der Waals surface area contributed by atoms with Crippen LogP contribution in [0.5, 0.6) is 0 Å². The van der Waals surface area contributed by atoms with Gasteiger partial charge in [-0.05, 0) is 39.2 Å². The summed E-state index contributed by atoms with van der Waals surface area (Å²) in [5, 5.41) is 14.8. The maximum absolute atomic E-state index is 11.8. The summed E-state index contributed by atoms with van der Waals surface area (Å²) in [5.41, 5.74) is -0.921. The molecule has 0 spiro atoms. The number of carbonyl (C=O) groups excluding carboxylic acids is 1. The molecule has 1 rings (SSSR count). The topological polar surface area (TPSA) is 78.4 Å². The van der Waals surface area contributed by atoms with Crippen LogP contribution in [-0.4, -0.2) is 36.1 Å². The molecule has 0 bridgehead atoms. The highest BCUT2D eigenvalue weighted by molar-refractivity contribution is 5.83. The van der Waals surface area contributed by atoms with Crippen LogP contribution < -0.4 is 10.6 Å². The Balaban J connectivity index is 2.41. The normalized spacial score (nSPS) is 25.4. The lowest BCUT2D eigenvalue weighted by Crippen LogP contribution is -2.50. The van der Waals surface area contributed by atoms with Crippen molar-refractivity contribution in [2.24, 2.45) is 11.3 Å². The smallest absolute Gasteiger partial charge is 0.310 e. The van der Waals surface area contributed by atoms with Gasteiger partial charge in [-0.2, -0.15) is 0 Å². The molecule has 1 saturated heterocycles. The minimum absolute atomic E-state index is 0.0918. The summed E-state index contributed by atoms with van der Waals surface area (Å²) in [5.74, 6) is -0.451. The van der Waals surface area contributed by atoms with E-state index in [-0.39, 0.29) is 18.5 Å². The maximum atomic E-state index is 11.8. The molecule has 0 radical (unpaired) electrons. The SMILES string of the molecule is CC1CCNC(C(=O)NCC(C)(C)C(=O)O)C1. The fourth-order valence-corrected chi connectivity index (χ4v) is 1.81. The fraction of sp³-hybridized carbons (Fsp3) is 0.833. The Labute approximate surface area is 102 Å². The quantitative estimate of drug-likeness (QED) is 0.674. The van der Waals surface area contributed by atoms with Crippen LogP contribution in [0.2, 0.25) is 0 Å². The van der Waals surface area contributed by atoms with Gasteiger partial charge in [-0.15, -0.1) is 0 Å². The van der Waals surface area contributed by atoms with E-state index in [1.165, 1.54) is 0 Å². The largest absolute Gasteiger partial charge is 0.481 e. The van der Waals surface area contributed by atoms with Gasteiger partial charge in [0, 0.05) is 6.54 Å². The average Bonchev–Trinajstić information content (AvgIpc) is 2.25. The molecule has 2 unspecified atom stereocenters. The number of carboxylic acid groups (broad SMARTS) is 1. The van der Waals surface area contributed by atoms with Crippen LogP contribution in [0.1, 0.15) is 33.6 Å². The van der Waals surface area contributed by atoms with Crippen molar-refractivity contribution in [1.82, 2.24) is 10.6 Å². The molecule has 1 heterocycles. The Morgan fingerprint density at radius 2 is 2.12 bits per heavy atom. The molecule has 1 aliphatic heterocycles. The zero-order valence-electron chi connectivity index (χ0n) is 10.7. The van der Waals surface area contributed by atoms with Gasteiger partial charge in [-0.3, -0.25) is 9.59 Å². The summed E-state index contributed by atoms with van der Waals surface area (Å²) in [6.45, 7) is 6.34. The lowest BCUT2D eigenvalue weighted by Gasteiger charge is -2.28. The molecule has 98 valence electrons. The molecule has 5 nitrogen and oxygen atoms in total. The second-order valence-corrected chi connectivity index (χ2v) is 5.54. The number of carbonyl (C=O) groups is 2. The number of carboxylic acids is 1. The predicted octanol–water partition coefficient (Wildman–Crippen LogP) is 0.601. The molecular weight excluding hydrogens is 220 g/mol. The Bertz CT molecular complexity index is 302. The highest BCUT2D eigenvalue weighted by Gasteiger charge is 2.30. The van der Waals surface area contributed by atoms with E-state index in [0.29, 0.717) is 5.92 Å². The zero-order valence-corrected chi connectivity index (χ0v) is 10.7. The van der Waals surface area contributed by atoms with Crippen LogP contribution in [-0.2, 0) is 9.59 Å². The minimum atomic E-state index is -0.921. The van der Waals surface area contributed by atoms with Gasteiger partial charge in [0.15, 0.2) is 0 Å². The molecule has 0 aromatic heterocycles. The number of nitrogens with one attached hydrogen (secondary N) is 2. The second-order valence-electron chi connectivity index (χ2n) is 5.54. The Morgan fingerprint density at radius 3 is 2.65 bits per heavy atom. The molecule has 17 heavy (non-hydrogen) atoms. The minimum Gasteiger partial charge on any atom is -0.481 e. The van der Waals surface area contributed by atoms with Gasteiger partial charge in [0.25, 0.3) is 0 Å². The fourth-order valence-electron chi connectivity index (χ4n) is 1.81. The van der Waals surface area contributed by atoms with Crippen molar-refractivity contribution >= 4 is 11.9 Å². The average molecular weight is 242 g/mol. The van der Waals surface area contributed by atoms with E-state index in [1.807, 2.05) is 0 Å². The first-order chi connectivity index (χ1) is 7.83. The summed E-state index contributed by atoms with van der Waals surface area (Å²) in [6, 6.07) is -0.177. The monoisotopic (exact) mass is 242 g/mol. The third kappa shape index (κ3) is 4.00. The lowest BCUT2D eigenvalue weighted by atomic mass is 9.92. The molecule has 0 aliphatic carbocycles. The van der Waals surface area contributed by atoms with Crippen molar-refractivity contribution < 1.29 is 14.7 Å². The number of hydrogen-bond acceptors (Lipinski definition) is 3. The Morgan fingerprint density at radius 1 is 1.47 bits per heavy atom. The van der Waals surface area contributed by atoms with Crippen molar-refractivity contribution in [2.75, 3.05) is 13.1 Å². The summed E-state index contributed by atoms with van der Waals surface area (Å²) in [6.07, 6.45) is 1.91. The molecule has 1 amide bonds. The van der Waals surface area contributed by atoms with Gasteiger partial charge < -0.3 is 15.7 Å². The number of aliphatic carboxylic acids is 1. The molecule has 2 atom stereocenters. The third-order valence-electron chi connectivity index (χ3n) is 3.27. The highest BCUT2D eigenvalue weighted by Crippen LogP contribution is 2.16. The van der Waals surface area contributed by atoms with E-state index in [0.717, 1.165) is 19.4 Å². The van der Waals surface area contributed by atoms with E-state index in [9.17, 15) is 9.59 Å². The van der Waals surface area contributed by atoms with Crippen LogP contribution >= 0.6 is 0 Å². The molecule has 1 aliphatic rings. The lowest BCUT2D eigenvalue weighted by molar-refractivity contribution is -0.146. The molecule has 0 saturated carbocycles. The first-order valence-electron chi connectivity index (χ1n) is 6.07. The molecule has 1 fully saturated rings. The number of amides is 1. The number of piperidine rings is 1. The summed E-state index contributed by atoms with van der Waals surface area (Å²) in [7, 11) is 0. The van der Waals surface area contributed by atoms with E-state index >= 15 is 0 Å². The van der Waals surface area contributed by atoms with Crippen LogP contribution in [0.3, 0.4) is 0 Å². The van der Waals surface area contributed by atoms with Crippen molar-refractivity contribution in [3.63, 3.8) is 0 Å². The molecule has 5 heteroatoms. The standard InChI is InChI=1S/C12H22N2O3/c1-8-4-5-13-9(6-8)10(15)14-7-12(2,3)11(16)17/h8-9,13H,4-7H2,1-3H3,(H,14,15)(H,16,17).